The van der Waals surface area contributed by atoms with Crippen molar-refractivity contribution in [2.45, 2.75) is 12.8 Å². The summed E-state index contributed by atoms with van der Waals surface area (Å²) in [5.74, 6) is 0.560. The quantitative estimate of drug-likeness (QED) is 0.622. The standard InChI is InChI=1S/C14H17N3O3/c1-20-10-11-4-6-16(7-5-11)13-3-2-12(9-15)14(8-13)17(18)19/h2-3,8,11H,4-7,10H2,1H3. The second-order valence-electron chi connectivity index (χ2n) is 4.96. The van der Waals surface area contributed by atoms with Crippen LogP contribution >= 0.6 is 0 Å². The van der Waals surface area contributed by atoms with Crippen molar-refractivity contribution in [3.05, 3.63) is 33.9 Å². The van der Waals surface area contributed by atoms with Crippen molar-refractivity contribution in [1.29, 1.82) is 5.26 Å². The zero-order valence-electron chi connectivity index (χ0n) is 11.4. The first-order chi connectivity index (χ1) is 9.65. The van der Waals surface area contributed by atoms with Gasteiger partial charge in [-0.05, 0) is 30.9 Å². The van der Waals surface area contributed by atoms with Gasteiger partial charge in [-0.15, -0.1) is 0 Å². The SMILES string of the molecule is COCC1CCN(c2ccc(C#N)c([N+](=O)[O-])c2)CC1. The molecular weight excluding hydrogens is 258 g/mol. The summed E-state index contributed by atoms with van der Waals surface area (Å²) >= 11 is 0. The molecule has 1 aromatic rings. The predicted octanol–water partition coefficient (Wildman–Crippen LogP) is 2.33. The van der Waals surface area contributed by atoms with Gasteiger partial charge in [0.2, 0.25) is 0 Å². The van der Waals surface area contributed by atoms with Crippen LogP contribution < -0.4 is 4.90 Å². The molecule has 1 heterocycles. The van der Waals surface area contributed by atoms with Crippen LogP contribution in [-0.4, -0.2) is 31.7 Å². The first-order valence-corrected chi connectivity index (χ1v) is 6.58. The number of nitriles is 1. The molecule has 6 heteroatoms. The van der Waals surface area contributed by atoms with Gasteiger partial charge in [-0.1, -0.05) is 0 Å². The fourth-order valence-electron chi connectivity index (χ4n) is 2.56. The monoisotopic (exact) mass is 275 g/mol. The highest BCUT2D eigenvalue weighted by atomic mass is 16.6. The summed E-state index contributed by atoms with van der Waals surface area (Å²) in [5.41, 5.74) is 0.795. The molecule has 0 aliphatic carbocycles. The molecule has 0 saturated carbocycles. The van der Waals surface area contributed by atoms with Crippen molar-refractivity contribution in [2.75, 3.05) is 31.7 Å². The van der Waals surface area contributed by atoms with Crippen molar-refractivity contribution in [3.8, 4) is 6.07 Å². The lowest BCUT2D eigenvalue weighted by molar-refractivity contribution is -0.385. The van der Waals surface area contributed by atoms with E-state index in [2.05, 4.69) is 4.90 Å². The van der Waals surface area contributed by atoms with Gasteiger partial charge in [-0.3, -0.25) is 10.1 Å². The Morgan fingerprint density at radius 3 is 2.75 bits per heavy atom. The average molecular weight is 275 g/mol. The second-order valence-corrected chi connectivity index (χ2v) is 4.96. The molecule has 1 saturated heterocycles. The number of hydrogen-bond acceptors (Lipinski definition) is 5. The molecule has 1 fully saturated rings. The molecule has 0 spiro atoms. The zero-order valence-corrected chi connectivity index (χ0v) is 11.4. The number of piperidine rings is 1. The van der Waals surface area contributed by atoms with Crippen LogP contribution in [0.25, 0.3) is 0 Å². The Morgan fingerprint density at radius 1 is 1.50 bits per heavy atom. The minimum Gasteiger partial charge on any atom is -0.384 e. The Labute approximate surface area is 117 Å². The van der Waals surface area contributed by atoms with Gasteiger partial charge in [0, 0.05) is 38.6 Å². The van der Waals surface area contributed by atoms with Gasteiger partial charge in [-0.25, -0.2) is 0 Å². The number of ether oxygens (including phenoxy) is 1. The number of nitro benzene ring substituents is 1. The number of methoxy groups -OCH3 is 1. The van der Waals surface area contributed by atoms with Crippen molar-refractivity contribution in [1.82, 2.24) is 0 Å². The normalized spacial score (nSPS) is 15.9. The van der Waals surface area contributed by atoms with Crippen LogP contribution in [0.1, 0.15) is 18.4 Å². The van der Waals surface area contributed by atoms with Crippen molar-refractivity contribution in [3.63, 3.8) is 0 Å². The van der Waals surface area contributed by atoms with Gasteiger partial charge in [-0.2, -0.15) is 5.26 Å². The molecule has 0 unspecified atom stereocenters. The van der Waals surface area contributed by atoms with Crippen molar-refractivity contribution in [2.24, 2.45) is 5.92 Å². The molecule has 0 amide bonds. The third kappa shape index (κ3) is 3.06. The van der Waals surface area contributed by atoms with E-state index in [-0.39, 0.29) is 11.3 Å². The summed E-state index contributed by atoms with van der Waals surface area (Å²) in [6.45, 7) is 2.48. The summed E-state index contributed by atoms with van der Waals surface area (Å²) in [6, 6.07) is 6.65. The summed E-state index contributed by atoms with van der Waals surface area (Å²) in [7, 11) is 1.70. The molecule has 2 rings (SSSR count). The molecule has 1 aromatic carbocycles. The highest BCUT2D eigenvalue weighted by molar-refractivity contribution is 5.60. The van der Waals surface area contributed by atoms with Crippen LogP contribution in [0.3, 0.4) is 0 Å². The van der Waals surface area contributed by atoms with Gasteiger partial charge in [0.1, 0.15) is 11.6 Å². The van der Waals surface area contributed by atoms with Crippen molar-refractivity contribution < 1.29 is 9.66 Å². The highest BCUT2D eigenvalue weighted by Crippen LogP contribution is 2.28. The molecule has 0 bridgehead atoms. The summed E-state index contributed by atoms with van der Waals surface area (Å²) in [6.07, 6.45) is 2.03. The molecule has 0 atom stereocenters. The Bertz CT molecular complexity index is 531. The Kier molecular flexibility index (Phi) is 4.53. The number of nitro groups is 1. The van der Waals surface area contributed by atoms with Gasteiger partial charge < -0.3 is 9.64 Å². The first-order valence-electron chi connectivity index (χ1n) is 6.58. The minimum atomic E-state index is -0.500. The topological polar surface area (TPSA) is 79.4 Å². The van der Waals surface area contributed by atoms with E-state index in [1.165, 1.54) is 12.1 Å². The maximum absolute atomic E-state index is 11.0. The molecule has 0 N–H and O–H groups in total. The van der Waals surface area contributed by atoms with Gasteiger partial charge in [0.15, 0.2) is 0 Å². The molecule has 1 aliphatic heterocycles. The van der Waals surface area contributed by atoms with Gasteiger partial charge >= 0.3 is 0 Å². The van der Waals surface area contributed by atoms with Crippen LogP contribution in [0.5, 0.6) is 0 Å². The summed E-state index contributed by atoms with van der Waals surface area (Å²) in [4.78, 5) is 12.6. The van der Waals surface area contributed by atoms with E-state index in [4.69, 9.17) is 10.00 Å². The molecule has 6 nitrogen and oxygen atoms in total. The highest BCUT2D eigenvalue weighted by Gasteiger charge is 2.22. The number of anilines is 1. The van der Waals surface area contributed by atoms with Crippen molar-refractivity contribution >= 4 is 11.4 Å². The summed E-state index contributed by atoms with van der Waals surface area (Å²) < 4.78 is 5.16. The first kappa shape index (κ1) is 14.3. The van der Waals surface area contributed by atoms with Crippen LogP contribution in [0, 0.1) is 27.4 Å². The van der Waals surface area contributed by atoms with Crippen LogP contribution in [-0.2, 0) is 4.74 Å². The van der Waals surface area contributed by atoms with E-state index in [1.54, 1.807) is 13.2 Å². The lowest BCUT2D eigenvalue weighted by Gasteiger charge is -2.33. The molecule has 0 radical (unpaired) electrons. The Hall–Kier alpha value is -2.13. The number of benzene rings is 1. The Morgan fingerprint density at radius 2 is 2.20 bits per heavy atom. The van der Waals surface area contributed by atoms with Crippen LogP contribution in [0.4, 0.5) is 11.4 Å². The van der Waals surface area contributed by atoms with Gasteiger partial charge in [0.05, 0.1) is 4.92 Å². The molecular formula is C14H17N3O3. The van der Waals surface area contributed by atoms with E-state index < -0.39 is 4.92 Å². The maximum atomic E-state index is 11.0. The lowest BCUT2D eigenvalue weighted by atomic mass is 9.97. The smallest absolute Gasteiger partial charge is 0.289 e. The second kappa shape index (κ2) is 6.35. The largest absolute Gasteiger partial charge is 0.384 e. The third-order valence-electron chi connectivity index (χ3n) is 3.68. The third-order valence-corrected chi connectivity index (χ3v) is 3.68. The fourth-order valence-corrected chi connectivity index (χ4v) is 2.56. The number of hydrogen-bond donors (Lipinski definition) is 0. The molecule has 1 aliphatic rings. The fraction of sp³-hybridized carbons (Fsp3) is 0.500. The Balaban J connectivity index is 2.13. The van der Waals surface area contributed by atoms with E-state index in [1.807, 2.05) is 6.07 Å². The van der Waals surface area contributed by atoms with Crippen LogP contribution in [0.15, 0.2) is 18.2 Å². The lowest BCUT2D eigenvalue weighted by Crippen LogP contribution is -2.35. The van der Waals surface area contributed by atoms with Crippen LogP contribution in [0.2, 0.25) is 0 Å². The van der Waals surface area contributed by atoms with E-state index >= 15 is 0 Å². The number of nitrogens with zero attached hydrogens (tertiary/aromatic N) is 3. The average Bonchev–Trinajstić information content (AvgIpc) is 2.47. The molecule has 106 valence electrons. The molecule has 20 heavy (non-hydrogen) atoms. The number of rotatable bonds is 4. The zero-order chi connectivity index (χ0) is 14.5. The van der Waals surface area contributed by atoms with E-state index in [9.17, 15) is 10.1 Å². The maximum Gasteiger partial charge on any atom is 0.289 e. The van der Waals surface area contributed by atoms with E-state index in [0.29, 0.717) is 5.92 Å². The summed E-state index contributed by atoms with van der Waals surface area (Å²) in [5, 5.41) is 19.9. The molecule has 0 aromatic heterocycles. The van der Waals surface area contributed by atoms with Gasteiger partial charge in [0.25, 0.3) is 5.69 Å². The minimum absolute atomic E-state index is 0.105. The predicted molar refractivity (Wildman–Crippen MR) is 74.6 cm³/mol. The van der Waals surface area contributed by atoms with E-state index in [0.717, 1.165) is 38.2 Å².